The molecule has 0 amide bonds. The molecular formula is C14H12ClN3S. The molecule has 0 aliphatic rings. The fraction of sp³-hybridized carbons (Fsp3) is 0.143. The summed E-state index contributed by atoms with van der Waals surface area (Å²) in [6.07, 6.45) is 1.77. The van der Waals surface area contributed by atoms with Crippen LogP contribution in [0.2, 0.25) is 5.02 Å². The normalized spacial score (nSPS) is 11.2. The van der Waals surface area contributed by atoms with Gasteiger partial charge in [0.2, 0.25) is 0 Å². The summed E-state index contributed by atoms with van der Waals surface area (Å²) < 4.78 is 0. The van der Waals surface area contributed by atoms with Crippen LogP contribution in [-0.4, -0.2) is 24.0 Å². The zero-order chi connectivity index (χ0) is 13.8. The van der Waals surface area contributed by atoms with Crippen molar-refractivity contribution in [2.24, 2.45) is 0 Å². The van der Waals surface area contributed by atoms with Crippen LogP contribution in [0.25, 0.3) is 16.8 Å². The Kier molecular flexibility index (Phi) is 4.20. The highest BCUT2D eigenvalue weighted by atomic mass is 35.5. The third-order valence-electron chi connectivity index (χ3n) is 2.38. The quantitative estimate of drug-likeness (QED) is 0.805. The number of benzene rings is 1. The van der Waals surface area contributed by atoms with E-state index in [1.165, 1.54) is 11.3 Å². The molecule has 0 radical (unpaired) electrons. The summed E-state index contributed by atoms with van der Waals surface area (Å²) in [4.78, 5) is 6.33. The molecule has 2 aromatic rings. The van der Waals surface area contributed by atoms with Crippen molar-refractivity contribution in [3.05, 3.63) is 45.9 Å². The van der Waals surface area contributed by atoms with Gasteiger partial charge < -0.3 is 4.90 Å². The summed E-state index contributed by atoms with van der Waals surface area (Å²) in [6.45, 7) is 0. The summed E-state index contributed by atoms with van der Waals surface area (Å²) in [5, 5.41) is 12.5. The van der Waals surface area contributed by atoms with Gasteiger partial charge in [0.15, 0.2) is 0 Å². The lowest BCUT2D eigenvalue weighted by Crippen LogP contribution is -2.02. The number of nitriles is 1. The van der Waals surface area contributed by atoms with Gasteiger partial charge in [-0.05, 0) is 12.1 Å². The van der Waals surface area contributed by atoms with E-state index < -0.39 is 0 Å². The van der Waals surface area contributed by atoms with Crippen LogP contribution in [0, 0.1) is 11.3 Å². The van der Waals surface area contributed by atoms with Crippen LogP contribution in [0.1, 0.15) is 5.01 Å². The zero-order valence-corrected chi connectivity index (χ0v) is 12.2. The first-order valence-electron chi connectivity index (χ1n) is 5.60. The van der Waals surface area contributed by atoms with Gasteiger partial charge in [-0.15, -0.1) is 11.3 Å². The monoisotopic (exact) mass is 289 g/mol. The van der Waals surface area contributed by atoms with Crippen molar-refractivity contribution in [1.82, 2.24) is 9.88 Å². The predicted molar refractivity (Wildman–Crippen MR) is 79.8 cm³/mol. The molecular weight excluding hydrogens is 278 g/mol. The van der Waals surface area contributed by atoms with E-state index in [0.717, 1.165) is 16.3 Å². The SMILES string of the molecule is CN(C)/C=C(/C#N)c1nc(-c2ccc(Cl)cc2)cs1. The molecule has 2 rings (SSSR count). The maximum absolute atomic E-state index is 9.15. The molecule has 0 aliphatic heterocycles. The number of hydrogen-bond acceptors (Lipinski definition) is 4. The van der Waals surface area contributed by atoms with Gasteiger partial charge in [0, 0.05) is 36.3 Å². The van der Waals surface area contributed by atoms with Crippen molar-refractivity contribution in [3.63, 3.8) is 0 Å². The number of nitrogens with zero attached hydrogens (tertiary/aromatic N) is 3. The Balaban J connectivity index is 2.34. The van der Waals surface area contributed by atoms with E-state index in [1.807, 2.05) is 48.6 Å². The van der Waals surface area contributed by atoms with Gasteiger partial charge in [-0.3, -0.25) is 0 Å². The minimum absolute atomic E-state index is 0.565. The lowest BCUT2D eigenvalue weighted by molar-refractivity contribution is 0.566. The fourth-order valence-electron chi connectivity index (χ4n) is 1.54. The molecule has 3 nitrogen and oxygen atoms in total. The van der Waals surface area contributed by atoms with Crippen molar-refractivity contribution in [1.29, 1.82) is 5.26 Å². The number of thiazole rings is 1. The summed E-state index contributed by atoms with van der Waals surface area (Å²) in [6, 6.07) is 9.67. The minimum Gasteiger partial charge on any atom is -0.382 e. The third kappa shape index (κ3) is 3.34. The van der Waals surface area contributed by atoms with Crippen molar-refractivity contribution in [2.75, 3.05) is 14.1 Å². The number of hydrogen-bond donors (Lipinski definition) is 0. The van der Waals surface area contributed by atoms with Gasteiger partial charge in [0.1, 0.15) is 16.6 Å². The van der Waals surface area contributed by atoms with Gasteiger partial charge in [0.25, 0.3) is 0 Å². The minimum atomic E-state index is 0.565. The molecule has 0 N–H and O–H groups in total. The first-order valence-corrected chi connectivity index (χ1v) is 6.86. The summed E-state index contributed by atoms with van der Waals surface area (Å²) in [5.41, 5.74) is 2.42. The lowest BCUT2D eigenvalue weighted by Gasteiger charge is -2.04. The van der Waals surface area contributed by atoms with E-state index >= 15 is 0 Å². The van der Waals surface area contributed by atoms with Crippen LogP contribution in [0.15, 0.2) is 35.8 Å². The lowest BCUT2D eigenvalue weighted by atomic mass is 10.2. The highest BCUT2D eigenvalue weighted by molar-refractivity contribution is 7.11. The van der Waals surface area contributed by atoms with Crippen molar-refractivity contribution in [2.45, 2.75) is 0 Å². The first kappa shape index (κ1) is 13.6. The van der Waals surface area contributed by atoms with E-state index in [1.54, 1.807) is 6.20 Å². The third-order valence-corrected chi connectivity index (χ3v) is 3.51. The number of allylic oxidation sites excluding steroid dienone is 1. The predicted octanol–water partition coefficient (Wildman–Crippen LogP) is 3.89. The molecule has 96 valence electrons. The van der Waals surface area contributed by atoms with Gasteiger partial charge in [0.05, 0.1) is 5.69 Å². The van der Waals surface area contributed by atoms with Crippen LogP contribution >= 0.6 is 22.9 Å². The average molecular weight is 290 g/mol. The highest BCUT2D eigenvalue weighted by Crippen LogP contribution is 2.26. The summed E-state index contributed by atoms with van der Waals surface area (Å²) >= 11 is 7.32. The van der Waals surface area contributed by atoms with Crippen LogP contribution < -0.4 is 0 Å². The van der Waals surface area contributed by atoms with Crippen molar-refractivity contribution >= 4 is 28.5 Å². The topological polar surface area (TPSA) is 39.9 Å². The van der Waals surface area contributed by atoms with E-state index in [2.05, 4.69) is 11.1 Å². The number of aromatic nitrogens is 1. The Labute approximate surface area is 121 Å². The largest absolute Gasteiger partial charge is 0.382 e. The molecule has 1 aromatic carbocycles. The number of halogens is 1. The Hall–Kier alpha value is -1.83. The van der Waals surface area contributed by atoms with E-state index in [-0.39, 0.29) is 0 Å². The average Bonchev–Trinajstić information content (AvgIpc) is 2.86. The standard InChI is InChI=1S/C14H12ClN3S/c1-18(2)8-11(7-16)14-17-13(9-19-14)10-3-5-12(15)6-4-10/h3-6,8-9H,1-2H3/b11-8-. The maximum Gasteiger partial charge on any atom is 0.136 e. The second-order valence-electron chi connectivity index (χ2n) is 4.16. The van der Waals surface area contributed by atoms with Gasteiger partial charge >= 0.3 is 0 Å². The Bertz CT molecular complexity index is 635. The Morgan fingerprint density at radius 1 is 1.37 bits per heavy atom. The molecule has 0 unspecified atom stereocenters. The van der Waals surface area contributed by atoms with E-state index in [4.69, 9.17) is 16.9 Å². The van der Waals surface area contributed by atoms with Crippen LogP contribution in [-0.2, 0) is 0 Å². The summed E-state index contributed by atoms with van der Waals surface area (Å²) in [7, 11) is 3.76. The molecule has 19 heavy (non-hydrogen) atoms. The van der Waals surface area contributed by atoms with Crippen molar-refractivity contribution < 1.29 is 0 Å². The molecule has 0 spiro atoms. The zero-order valence-electron chi connectivity index (χ0n) is 10.6. The molecule has 1 heterocycles. The fourth-order valence-corrected chi connectivity index (χ4v) is 2.46. The molecule has 0 saturated heterocycles. The molecule has 1 aromatic heterocycles. The van der Waals surface area contributed by atoms with Gasteiger partial charge in [-0.2, -0.15) is 5.26 Å². The first-order chi connectivity index (χ1) is 9.10. The molecule has 0 saturated carbocycles. The van der Waals surface area contributed by atoms with Gasteiger partial charge in [-0.25, -0.2) is 4.98 Å². The van der Waals surface area contributed by atoms with Crippen LogP contribution in [0.5, 0.6) is 0 Å². The van der Waals surface area contributed by atoms with Crippen LogP contribution in [0.3, 0.4) is 0 Å². The van der Waals surface area contributed by atoms with Crippen LogP contribution in [0.4, 0.5) is 0 Å². The molecule has 0 fully saturated rings. The van der Waals surface area contributed by atoms with E-state index in [0.29, 0.717) is 10.6 Å². The molecule has 5 heteroatoms. The second kappa shape index (κ2) is 5.87. The highest BCUT2D eigenvalue weighted by Gasteiger charge is 2.09. The molecule has 0 aliphatic carbocycles. The second-order valence-corrected chi connectivity index (χ2v) is 5.46. The maximum atomic E-state index is 9.15. The summed E-state index contributed by atoms with van der Waals surface area (Å²) in [5.74, 6) is 0. The Morgan fingerprint density at radius 3 is 2.63 bits per heavy atom. The van der Waals surface area contributed by atoms with E-state index in [9.17, 15) is 0 Å². The van der Waals surface area contributed by atoms with Crippen molar-refractivity contribution in [3.8, 4) is 17.3 Å². The smallest absolute Gasteiger partial charge is 0.136 e. The van der Waals surface area contributed by atoms with Gasteiger partial charge in [-0.1, -0.05) is 23.7 Å². The molecule has 0 bridgehead atoms. The molecule has 0 atom stereocenters. The Morgan fingerprint density at radius 2 is 2.05 bits per heavy atom. The number of rotatable bonds is 3.